The lowest BCUT2D eigenvalue weighted by molar-refractivity contribution is -0.153. The number of rotatable bonds is 6. The first-order valence-electron chi connectivity index (χ1n) is 7.99. The molecule has 0 aliphatic heterocycles. The van der Waals surface area contributed by atoms with Crippen LogP contribution in [0, 0.1) is 0 Å². The van der Waals surface area contributed by atoms with Crippen LogP contribution in [0.2, 0.25) is 0 Å². The quantitative estimate of drug-likeness (QED) is 0.678. The molecule has 2 aromatic rings. The van der Waals surface area contributed by atoms with E-state index < -0.39 is 59.9 Å². The van der Waals surface area contributed by atoms with Gasteiger partial charge in [0.2, 0.25) is 5.91 Å². The molecule has 2 amide bonds. The van der Waals surface area contributed by atoms with Gasteiger partial charge in [-0.15, -0.1) is 0 Å². The second-order valence-electron chi connectivity index (χ2n) is 5.83. The number of halogens is 6. The number of hydrogen-bond acceptors (Lipinski definition) is 4. The summed E-state index contributed by atoms with van der Waals surface area (Å²) in [6, 6.07) is 5.89. The van der Waals surface area contributed by atoms with Crippen molar-refractivity contribution in [3.05, 3.63) is 58.0 Å². The molecule has 0 unspecified atom stereocenters. The minimum absolute atomic E-state index is 0.00535. The molecule has 0 bridgehead atoms. The summed E-state index contributed by atoms with van der Waals surface area (Å²) in [6.07, 6.45) is -9.70. The molecule has 0 saturated heterocycles. The normalized spacial score (nSPS) is 11.8. The summed E-state index contributed by atoms with van der Waals surface area (Å²) < 4.78 is 81.1. The van der Waals surface area contributed by atoms with Crippen LogP contribution in [0.5, 0.6) is 5.75 Å². The number of nitrogens with two attached hydrogens (primary N) is 1. The van der Waals surface area contributed by atoms with Crippen LogP contribution in [0.15, 0.2) is 41.2 Å². The molecule has 7 nitrogen and oxygen atoms in total. The van der Waals surface area contributed by atoms with Crippen molar-refractivity contribution in [1.29, 1.82) is 0 Å². The van der Waals surface area contributed by atoms with Crippen LogP contribution in [-0.4, -0.2) is 29.2 Å². The van der Waals surface area contributed by atoms with Gasteiger partial charge in [0.05, 0.1) is 5.69 Å². The third-order valence-corrected chi connectivity index (χ3v) is 3.58. The number of aromatic nitrogens is 1. The molecule has 0 atom stereocenters. The van der Waals surface area contributed by atoms with Gasteiger partial charge in [0.25, 0.3) is 11.5 Å². The monoisotopic (exact) mass is 437 g/mol. The van der Waals surface area contributed by atoms with Gasteiger partial charge >= 0.3 is 12.4 Å². The molecule has 0 spiro atoms. The number of carbonyl (C=O) groups is 2. The Bertz CT molecular complexity index is 1010. The highest BCUT2D eigenvalue weighted by Gasteiger charge is 2.35. The fourth-order valence-electron chi connectivity index (χ4n) is 2.36. The number of para-hydroxylation sites is 2. The number of primary amides is 1. The van der Waals surface area contributed by atoms with Crippen LogP contribution in [0.3, 0.4) is 0 Å². The van der Waals surface area contributed by atoms with Gasteiger partial charge in [0, 0.05) is 0 Å². The van der Waals surface area contributed by atoms with Gasteiger partial charge in [-0.1, -0.05) is 12.1 Å². The average molecular weight is 437 g/mol. The van der Waals surface area contributed by atoms with Crippen LogP contribution in [0.25, 0.3) is 0 Å². The highest BCUT2D eigenvalue weighted by atomic mass is 19.4. The summed E-state index contributed by atoms with van der Waals surface area (Å²) in [5, 5.41) is 2.08. The van der Waals surface area contributed by atoms with Crippen LogP contribution in [0.4, 0.5) is 32.0 Å². The minimum Gasteiger partial charge on any atom is -0.482 e. The molecule has 1 aromatic carbocycles. The number of nitrogens with one attached hydrogen (secondary N) is 1. The van der Waals surface area contributed by atoms with E-state index in [0.29, 0.717) is 12.1 Å². The maximum Gasteiger partial charge on any atom is 0.431 e. The summed E-state index contributed by atoms with van der Waals surface area (Å²) >= 11 is 0. The number of carbonyl (C=O) groups excluding carboxylic acids is 2. The Kier molecular flexibility index (Phi) is 6.43. The summed E-state index contributed by atoms with van der Waals surface area (Å²) in [5.41, 5.74) is 0.936. The molecule has 3 N–H and O–H groups in total. The number of amides is 2. The number of alkyl halides is 6. The maximum atomic E-state index is 13.2. The van der Waals surface area contributed by atoms with Gasteiger partial charge in [-0.25, -0.2) is 0 Å². The Hall–Kier alpha value is -3.51. The summed E-state index contributed by atoms with van der Waals surface area (Å²) in [4.78, 5) is 35.6. The van der Waals surface area contributed by atoms with E-state index in [1.54, 1.807) is 0 Å². The topological polar surface area (TPSA) is 103 Å². The van der Waals surface area contributed by atoms with Crippen molar-refractivity contribution in [1.82, 2.24) is 4.57 Å². The Morgan fingerprint density at radius 2 is 1.67 bits per heavy atom. The zero-order chi connectivity index (χ0) is 22.7. The van der Waals surface area contributed by atoms with Crippen molar-refractivity contribution < 1.29 is 40.7 Å². The van der Waals surface area contributed by atoms with Gasteiger partial charge in [-0.05, 0) is 24.3 Å². The van der Waals surface area contributed by atoms with Crippen molar-refractivity contribution in [3.63, 3.8) is 0 Å². The first-order chi connectivity index (χ1) is 13.8. The van der Waals surface area contributed by atoms with E-state index in [0.717, 1.165) is 12.1 Å². The first-order valence-corrected chi connectivity index (χ1v) is 7.99. The van der Waals surface area contributed by atoms with E-state index in [-0.39, 0.29) is 10.3 Å². The van der Waals surface area contributed by atoms with Crippen molar-refractivity contribution in [2.75, 3.05) is 11.9 Å². The highest BCUT2D eigenvalue weighted by molar-refractivity contribution is 5.93. The van der Waals surface area contributed by atoms with Crippen LogP contribution in [0.1, 0.15) is 16.1 Å². The van der Waals surface area contributed by atoms with E-state index in [9.17, 15) is 40.7 Å². The fourth-order valence-corrected chi connectivity index (χ4v) is 2.36. The maximum absolute atomic E-state index is 13.2. The molecule has 162 valence electrons. The molecule has 13 heteroatoms. The van der Waals surface area contributed by atoms with Crippen molar-refractivity contribution in [2.24, 2.45) is 5.73 Å². The predicted octanol–water partition coefficient (Wildman–Crippen LogP) is 2.55. The lowest BCUT2D eigenvalue weighted by Crippen LogP contribution is -2.36. The predicted molar refractivity (Wildman–Crippen MR) is 90.8 cm³/mol. The molecule has 2 rings (SSSR count). The number of pyridine rings is 1. The van der Waals surface area contributed by atoms with E-state index in [2.05, 4.69) is 10.1 Å². The first kappa shape index (κ1) is 22.8. The van der Waals surface area contributed by atoms with Crippen molar-refractivity contribution in [2.45, 2.75) is 18.9 Å². The molecule has 30 heavy (non-hydrogen) atoms. The summed E-state index contributed by atoms with van der Waals surface area (Å²) in [6.45, 7) is -2.86. The summed E-state index contributed by atoms with van der Waals surface area (Å²) in [5.74, 6) is -2.88. The largest absolute Gasteiger partial charge is 0.482 e. The number of nitrogens with zero attached hydrogens (tertiary/aromatic N) is 1. The van der Waals surface area contributed by atoms with Crippen LogP contribution < -0.4 is 21.3 Å². The Balaban J connectivity index is 2.33. The van der Waals surface area contributed by atoms with Crippen LogP contribution >= 0.6 is 0 Å². The van der Waals surface area contributed by atoms with E-state index in [4.69, 9.17) is 5.73 Å². The lowest BCUT2D eigenvalue weighted by Gasteiger charge is -2.17. The van der Waals surface area contributed by atoms with Crippen LogP contribution in [-0.2, 0) is 17.5 Å². The fraction of sp³-hybridized carbons (Fsp3) is 0.235. The van der Waals surface area contributed by atoms with Gasteiger partial charge in [-0.2, -0.15) is 26.3 Å². The minimum atomic E-state index is -5.04. The van der Waals surface area contributed by atoms with Gasteiger partial charge in [0.15, 0.2) is 6.61 Å². The van der Waals surface area contributed by atoms with Gasteiger partial charge in [0.1, 0.15) is 23.6 Å². The molecule has 0 aliphatic carbocycles. The summed E-state index contributed by atoms with van der Waals surface area (Å²) in [7, 11) is 0. The smallest absolute Gasteiger partial charge is 0.431 e. The second-order valence-corrected chi connectivity index (χ2v) is 5.83. The Morgan fingerprint density at radius 1 is 1.03 bits per heavy atom. The molecule has 0 fully saturated rings. The van der Waals surface area contributed by atoms with Crippen molar-refractivity contribution >= 4 is 17.5 Å². The Labute approximate surface area is 164 Å². The third kappa shape index (κ3) is 5.75. The van der Waals surface area contributed by atoms with Gasteiger partial charge < -0.3 is 15.8 Å². The van der Waals surface area contributed by atoms with E-state index >= 15 is 0 Å². The Morgan fingerprint density at radius 3 is 2.23 bits per heavy atom. The molecule has 1 heterocycles. The molecular formula is C17H13F6N3O4. The van der Waals surface area contributed by atoms with Gasteiger partial charge in [-0.3, -0.25) is 19.0 Å². The zero-order valence-corrected chi connectivity index (χ0v) is 14.8. The third-order valence-electron chi connectivity index (χ3n) is 3.58. The highest BCUT2D eigenvalue weighted by Crippen LogP contribution is 2.29. The molecule has 0 radical (unpaired) electrons. The average Bonchev–Trinajstić information content (AvgIpc) is 2.60. The molecular weight excluding hydrogens is 424 g/mol. The van der Waals surface area contributed by atoms with Crippen molar-refractivity contribution in [3.8, 4) is 5.75 Å². The van der Waals surface area contributed by atoms with E-state index in [1.807, 2.05) is 0 Å². The van der Waals surface area contributed by atoms with E-state index in [1.165, 1.54) is 12.1 Å². The number of ether oxygens (including phenoxy) is 1. The SMILES string of the molecule is NC(=O)c1ccc(C(F)(F)F)n(CC(=O)Nc2ccccc2OCC(F)(F)F)c1=O. The number of benzene rings is 1. The zero-order valence-electron chi connectivity index (χ0n) is 14.8. The lowest BCUT2D eigenvalue weighted by atomic mass is 10.2. The number of hydrogen-bond donors (Lipinski definition) is 2. The standard InChI is InChI=1S/C17H13F6N3O4/c18-16(19,20)8-30-11-4-2-1-3-10(11)25-13(27)7-26-12(17(21,22)23)6-5-9(14(24)28)15(26)29/h1-6H,7-8H2,(H2,24,28)(H,25,27). The molecule has 0 saturated carbocycles. The molecule has 1 aromatic heterocycles. The second kappa shape index (κ2) is 8.47. The molecule has 0 aliphatic rings. The number of anilines is 1.